The minimum atomic E-state index is -0.254. The molecule has 0 radical (unpaired) electrons. The number of amides is 2. The molecule has 3 saturated heterocycles. The topological polar surface area (TPSA) is 61.9 Å². The predicted molar refractivity (Wildman–Crippen MR) is 103 cm³/mol. The van der Waals surface area contributed by atoms with Crippen LogP contribution in [0.4, 0.5) is 0 Å². The standard InChI is InChI=1S/C19H33N3O3.ClH/c1-15(16-5-4-7-20-14-16)13-18(23)22-8-3-2-6-17(22)19(24)21-9-11-25-12-10-21;/h15-17,20H,2-14H2,1H3;1H. The van der Waals surface area contributed by atoms with Gasteiger partial charge in [0.15, 0.2) is 0 Å². The minimum Gasteiger partial charge on any atom is -0.378 e. The van der Waals surface area contributed by atoms with Crippen molar-refractivity contribution >= 4 is 24.2 Å². The van der Waals surface area contributed by atoms with Gasteiger partial charge in [-0.3, -0.25) is 9.59 Å². The van der Waals surface area contributed by atoms with Gasteiger partial charge in [-0.1, -0.05) is 6.92 Å². The molecule has 0 spiro atoms. The highest BCUT2D eigenvalue weighted by atomic mass is 35.5. The summed E-state index contributed by atoms with van der Waals surface area (Å²) in [7, 11) is 0. The van der Waals surface area contributed by atoms with E-state index in [9.17, 15) is 9.59 Å². The highest BCUT2D eigenvalue weighted by Gasteiger charge is 2.36. The lowest BCUT2D eigenvalue weighted by Crippen LogP contribution is -2.55. The molecule has 150 valence electrons. The molecule has 3 unspecified atom stereocenters. The third kappa shape index (κ3) is 5.33. The second-order valence-corrected chi connectivity index (χ2v) is 7.82. The van der Waals surface area contributed by atoms with Crippen molar-refractivity contribution in [2.24, 2.45) is 11.8 Å². The van der Waals surface area contributed by atoms with Gasteiger partial charge < -0.3 is 19.9 Å². The van der Waals surface area contributed by atoms with Gasteiger partial charge in [0.05, 0.1) is 13.2 Å². The van der Waals surface area contributed by atoms with Crippen molar-refractivity contribution < 1.29 is 14.3 Å². The first-order chi connectivity index (χ1) is 12.2. The molecule has 0 aliphatic carbocycles. The molecule has 7 heteroatoms. The Morgan fingerprint density at radius 1 is 1.12 bits per heavy atom. The number of ether oxygens (including phenoxy) is 1. The number of nitrogens with one attached hydrogen (secondary N) is 1. The lowest BCUT2D eigenvalue weighted by atomic mass is 9.85. The average molecular weight is 388 g/mol. The molecule has 0 aromatic carbocycles. The van der Waals surface area contributed by atoms with Gasteiger partial charge >= 0.3 is 0 Å². The van der Waals surface area contributed by atoms with Crippen molar-refractivity contribution in [2.75, 3.05) is 45.9 Å². The first-order valence-corrected chi connectivity index (χ1v) is 10.0. The van der Waals surface area contributed by atoms with E-state index < -0.39 is 0 Å². The van der Waals surface area contributed by atoms with Crippen LogP contribution in [0.5, 0.6) is 0 Å². The largest absolute Gasteiger partial charge is 0.378 e. The maximum absolute atomic E-state index is 13.0. The zero-order valence-electron chi connectivity index (χ0n) is 16.0. The number of rotatable bonds is 4. The van der Waals surface area contributed by atoms with E-state index in [4.69, 9.17) is 4.74 Å². The lowest BCUT2D eigenvalue weighted by molar-refractivity contribution is -0.150. The molecule has 26 heavy (non-hydrogen) atoms. The van der Waals surface area contributed by atoms with Gasteiger partial charge in [-0.15, -0.1) is 12.4 Å². The number of hydrogen-bond acceptors (Lipinski definition) is 4. The van der Waals surface area contributed by atoms with Crippen LogP contribution >= 0.6 is 12.4 Å². The van der Waals surface area contributed by atoms with Crippen LogP contribution in [-0.4, -0.2) is 73.6 Å². The summed E-state index contributed by atoms with van der Waals surface area (Å²) in [6, 6.07) is -0.254. The fraction of sp³-hybridized carbons (Fsp3) is 0.895. The van der Waals surface area contributed by atoms with Crippen molar-refractivity contribution in [1.82, 2.24) is 15.1 Å². The summed E-state index contributed by atoms with van der Waals surface area (Å²) in [5.74, 6) is 1.25. The normalized spacial score (nSPS) is 28.2. The number of carbonyl (C=O) groups is 2. The quantitative estimate of drug-likeness (QED) is 0.797. The molecule has 6 nitrogen and oxygen atoms in total. The van der Waals surface area contributed by atoms with E-state index in [-0.39, 0.29) is 30.3 Å². The van der Waals surface area contributed by atoms with Crippen LogP contribution in [0.3, 0.4) is 0 Å². The summed E-state index contributed by atoms with van der Waals surface area (Å²) in [6.07, 6.45) is 5.83. The molecular formula is C19H34ClN3O3. The zero-order chi connectivity index (χ0) is 17.6. The maximum atomic E-state index is 13.0. The van der Waals surface area contributed by atoms with Crippen LogP contribution in [0.1, 0.15) is 45.4 Å². The molecule has 3 aliphatic rings. The van der Waals surface area contributed by atoms with Crippen molar-refractivity contribution in [3.05, 3.63) is 0 Å². The van der Waals surface area contributed by atoms with Crippen molar-refractivity contribution in [1.29, 1.82) is 0 Å². The van der Waals surface area contributed by atoms with Gasteiger partial charge in [-0.25, -0.2) is 0 Å². The van der Waals surface area contributed by atoms with E-state index in [0.29, 0.717) is 44.6 Å². The Hall–Kier alpha value is -0.850. The summed E-state index contributed by atoms with van der Waals surface area (Å²) in [4.78, 5) is 29.6. The van der Waals surface area contributed by atoms with E-state index in [1.807, 2.05) is 9.80 Å². The first kappa shape index (κ1) is 21.5. The molecule has 3 rings (SSSR count). The minimum absolute atomic E-state index is 0. The molecule has 3 heterocycles. The van der Waals surface area contributed by atoms with E-state index in [1.54, 1.807) is 0 Å². The molecule has 0 aromatic heterocycles. The second kappa shape index (κ2) is 10.5. The SMILES string of the molecule is CC(CC(=O)N1CCCCC1C(=O)N1CCOCC1)C1CCCNC1.Cl. The summed E-state index contributed by atoms with van der Waals surface area (Å²) in [5, 5.41) is 3.44. The highest BCUT2D eigenvalue weighted by molar-refractivity contribution is 5.88. The second-order valence-electron chi connectivity index (χ2n) is 7.82. The molecular weight excluding hydrogens is 354 g/mol. The number of piperidine rings is 2. The van der Waals surface area contributed by atoms with E-state index in [1.165, 1.54) is 12.8 Å². The number of likely N-dealkylation sites (tertiary alicyclic amines) is 1. The number of nitrogens with zero attached hydrogens (tertiary/aromatic N) is 2. The maximum Gasteiger partial charge on any atom is 0.245 e. The van der Waals surface area contributed by atoms with Crippen LogP contribution in [0.15, 0.2) is 0 Å². The van der Waals surface area contributed by atoms with E-state index in [2.05, 4.69) is 12.2 Å². The first-order valence-electron chi connectivity index (χ1n) is 10.0. The van der Waals surface area contributed by atoms with Gasteiger partial charge in [0, 0.05) is 26.1 Å². The van der Waals surface area contributed by atoms with Gasteiger partial charge in [-0.2, -0.15) is 0 Å². The lowest BCUT2D eigenvalue weighted by Gasteiger charge is -2.39. The summed E-state index contributed by atoms with van der Waals surface area (Å²) < 4.78 is 5.35. The third-order valence-electron chi connectivity index (χ3n) is 6.07. The average Bonchev–Trinajstić information content (AvgIpc) is 2.68. The van der Waals surface area contributed by atoms with Crippen LogP contribution in [0.2, 0.25) is 0 Å². The molecule has 0 saturated carbocycles. The van der Waals surface area contributed by atoms with Crippen LogP contribution in [0, 0.1) is 11.8 Å². The number of morpholine rings is 1. The van der Waals surface area contributed by atoms with Crippen molar-refractivity contribution in [3.8, 4) is 0 Å². The van der Waals surface area contributed by atoms with E-state index in [0.717, 1.165) is 38.9 Å². The zero-order valence-corrected chi connectivity index (χ0v) is 16.8. The van der Waals surface area contributed by atoms with Gasteiger partial charge in [0.25, 0.3) is 0 Å². The van der Waals surface area contributed by atoms with E-state index >= 15 is 0 Å². The Morgan fingerprint density at radius 2 is 1.88 bits per heavy atom. The molecule has 0 bridgehead atoms. The fourth-order valence-corrected chi connectivity index (χ4v) is 4.41. The van der Waals surface area contributed by atoms with Crippen LogP contribution < -0.4 is 5.32 Å². The number of hydrogen-bond donors (Lipinski definition) is 1. The third-order valence-corrected chi connectivity index (χ3v) is 6.07. The Morgan fingerprint density at radius 3 is 2.58 bits per heavy atom. The molecule has 2 amide bonds. The molecule has 3 fully saturated rings. The van der Waals surface area contributed by atoms with Gasteiger partial charge in [0.2, 0.25) is 11.8 Å². The molecule has 3 atom stereocenters. The molecule has 1 N–H and O–H groups in total. The number of halogens is 1. The molecule has 0 aromatic rings. The van der Waals surface area contributed by atoms with Crippen molar-refractivity contribution in [2.45, 2.75) is 51.5 Å². The van der Waals surface area contributed by atoms with Crippen LogP contribution in [0.25, 0.3) is 0 Å². The Bertz CT molecular complexity index is 465. The monoisotopic (exact) mass is 387 g/mol. The molecule has 3 aliphatic heterocycles. The Kier molecular flexibility index (Phi) is 8.64. The fourth-order valence-electron chi connectivity index (χ4n) is 4.41. The smallest absolute Gasteiger partial charge is 0.245 e. The summed E-state index contributed by atoms with van der Waals surface area (Å²) in [5.41, 5.74) is 0. The Labute approximate surface area is 163 Å². The predicted octanol–water partition coefficient (Wildman–Crippen LogP) is 1.67. The summed E-state index contributed by atoms with van der Waals surface area (Å²) in [6.45, 7) is 7.57. The highest BCUT2D eigenvalue weighted by Crippen LogP contribution is 2.26. The number of carbonyl (C=O) groups excluding carboxylic acids is 2. The van der Waals surface area contributed by atoms with Gasteiger partial charge in [-0.05, 0) is 57.0 Å². The Balaban J connectivity index is 0.00000243. The van der Waals surface area contributed by atoms with Crippen molar-refractivity contribution in [3.63, 3.8) is 0 Å². The van der Waals surface area contributed by atoms with Crippen LogP contribution in [-0.2, 0) is 14.3 Å². The van der Waals surface area contributed by atoms with Gasteiger partial charge in [0.1, 0.15) is 6.04 Å². The summed E-state index contributed by atoms with van der Waals surface area (Å²) >= 11 is 0.